The Kier molecular flexibility index (Phi) is 7.71. The fraction of sp³-hybridized carbons (Fsp3) is 0.160. The number of esters is 1. The molecule has 3 aromatic rings. The van der Waals surface area contributed by atoms with E-state index in [0.717, 1.165) is 16.7 Å². The van der Waals surface area contributed by atoms with E-state index in [1.54, 1.807) is 24.3 Å². The third kappa shape index (κ3) is 6.26. The van der Waals surface area contributed by atoms with Crippen LogP contribution in [0.5, 0.6) is 11.5 Å². The fourth-order valence-electron chi connectivity index (χ4n) is 3.04. The minimum Gasteiger partial charge on any atom is -0.483 e. The quantitative estimate of drug-likeness (QED) is 0.176. The lowest BCUT2D eigenvalue weighted by molar-refractivity contribution is -0.384. The van der Waals surface area contributed by atoms with Crippen LogP contribution in [0.1, 0.15) is 32.6 Å². The van der Waals surface area contributed by atoms with E-state index >= 15 is 0 Å². The molecule has 0 bridgehead atoms. The van der Waals surface area contributed by atoms with Gasteiger partial charge in [0.05, 0.1) is 16.7 Å². The molecule has 0 aliphatic carbocycles. The summed E-state index contributed by atoms with van der Waals surface area (Å²) < 4.78 is 11.0. The molecule has 0 radical (unpaired) electrons. The third-order valence-corrected chi connectivity index (χ3v) is 5.01. The molecular formula is C25H23N3O6. The van der Waals surface area contributed by atoms with Crippen molar-refractivity contribution < 1.29 is 24.0 Å². The van der Waals surface area contributed by atoms with E-state index in [9.17, 15) is 19.7 Å². The molecule has 174 valence electrons. The first kappa shape index (κ1) is 24.1. The maximum atomic E-state index is 12.3. The molecule has 0 spiro atoms. The van der Waals surface area contributed by atoms with Crippen LogP contribution >= 0.6 is 0 Å². The number of carbonyl (C=O) groups excluding carboxylic acids is 2. The summed E-state index contributed by atoms with van der Waals surface area (Å²) in [6.45, 7) is 5.65. The summed E-state index contributed by atoms with van der Waals surface area (Å²) in [6.07, 6.45) is 1.41. The zero-order chi connectivity index (χ0) is 24.7. The van der Waals surface area contributed by atoms with Gasteiger partial charge in [0.1, 0.15) is 11.5 Å². The van der Waals surface area contributed by atoms with Crippen molar-refractivity contribution in [2.75, 3.05) is 6.61 Å². The third-order valence-electron chi connectivity index (χ3n) is 5.01. The van der Waals surface area contributed by atoms with E-state index in [1.807, 2.05) is 32.9 Å². The summed E-state index contributed by atoms with van der Waals surface area (Å²) in [5, 5.41) is 14.6. The molecule has 0 saturated carbocycles. The van der Waals surface area contributed by atoms with Crippen LogP contribution in [0.15, 0.2) is 65.8 Å². The first-order valence-corrected chi connectivity index (χ1v) is 10.3. The van der Waals surface area contributed by atoms with Crippen LogP contribution in [0.4, 0.5) is 5.69 Å². The van der Waals surface area contributed by atoms with Gasteiger partial charge in [-0.1, -0.05) is 24.3 Å². The van der Waals surface area contributed by atoms with Crippen molar-refractivity contribution in [3.63, 3.8) is 0 Å². The molecule has 1 N–H and O–H groups in total. The number of hydrogen-bond acceptors (Lipinski definition) is 7. The molecule has 0 aliphatic rings. The van der Waals surface area contributed by atoms with Gasteiger partial charge in [-0.05, 0) is 67.3 Å². The molecule has 0 aliphatic heterocycles. The number of amides is 1. The molecule has 0 saturated heterocycles. The number of benzene rings is 3. The molecule has 0 unspecified atom stereocenters. The second kappa shape index (κ2) is 10.9. The Bertz CT molecular complexity index is 1250. The standard InChI is InChI=1S/C25H23N3O6/c1-16-7-8-17(2)24(18(16)3)33-15-23(29)27-26-14-19-5-4-6-22(13-19)34-25(30)20-9-11-21(12-10-20)28(31)32/h4-14H,15H2,1-3H3,(H,27,29). The minimum atomic E-state index is -0.656. The molecule has 0 aromatic heterocycles. The number of nitro benzene ring substituents is 1. The maximum absolute atomic E-state index is 12.3. The zero-order valence-corrected chi connectivity index (χ0v) is 18.9. The van der Waals surface area contributed by atoms with Gasteiger partial charge < -0.3 is 9.47 Å². The lowest BCUT2D eigenvalue weighted by Crippen LogP contribution is -2.25. The van der Waals surface area contributed by atoms with Crippen molar-refractivity contribution in [3.05, 3.63) is 98.6 Å². The fourth-order valence-corrected chi connectivity index (χ4v) is 3.04. The molecule has 0 heterocycles. The smallest absolute Gasteiger partial charge is 0.343 e. The molecule has 1 amide bonds. The van der Waals surface area contributed by atoms with E-state index in [-0.39, 0.29) is 23.6 Å². The largest absolute Gasteiger partial charge is 0.483 e. The van der Waals surface area contributed by atoms with Crippen LogP contribution in [0.25, 0.3) is 0 Å². The average Bonchev–Trinajstić information content (AvgIpc) is 2.82. The van der Waals surface area contributed by atoms with E-state index < -0.39 is 16.8 Å². The van der Waals surface area contributed by atoms with Gasteiger partial charge in [0.15, 0.2) is 6.61 Å². The molecule has 34 heavy (non-hydrogen) atoms. The second-order valence-corrected chi connectivity index (χ2v) is 7.50. The number of hydrogen-bond donors (Lipinski definition) is 1. The second-order valence-electron chi connectivity index (χ2n) is 7.50. The number of aryl methyl sites for hydroxylation is 2. The van der Waals surface area contributed by atoms with Crippen LogP contribution < -0.4 is 14.9 Å². The Balaban J connectivity index is 1.55. The van der Waals surface area contributed by atoms with Crippen LogP contribution in [0, 0.1) is 30.9 Å². The summed E-state index contributed by atoms with van der Waals surface area (Å²) in [4.78, 5) is 34.5. The number of nitro groups is 1. The maximum Gasteiger partial charge on any atom is 0.343 e. The summed E-state index contributed by atoms with van der Waals surface area (Å²) in [6, 6.07) is 15.6. The Morgan fingerprint density at radius 3 is 2.44 bits per heavy atom. The minimum absolute atomic E-state index is 0.119. The Labute approximate surface area is 196 Å². The molecule has 9 nitrogen and oxygen atoms in total. The number of hydrazone groups is 1. The Morgan fingerprint density at radius 2 is 1.74 bits per heavy atom. The molecular weight excluding hydrogens is 438 g/mol. The predicted octanol–water partition coefficient (Wildman–Crippen LogP) is 4.27. The van der Waals surface area contributed by atoms with Crippen molar-refractivity contribution in [1.29, 1.82) is 0 Å². The number of nitrogens with one attached hydrogen (secondary N) is 1. The Hall–Kier alpha value is -4.53. The van der Waals surface area contributed by atoms with Gasteiger partial charge in [-0.2, -0.15) is 5.10 Å². The van der Waals surface area contributed by atoms with Crippen LogP contribution in [0.2, 0.25) is 0 Å². The van der Waals surface area contributed by atoms with E-state index in [0.29, 0.717) is 11.3 Å². The predicted molar refractivity (Wildman–Crippen MR) is 126 cm³/mol. The molecule has 3 rings (SSSR count). The first-order valence-electron chi connectivity index (χ1n) is 10.3. The van der Waals surface area contributed by atoms with E-state index in [1.165, 1.54) is 30.5 Å². The SMILES string of the molecule is Cc1ccc(C)c(OCC(=O)NN=Cc2cccc(OC(=O)c3ccc([N+](=O)[O-])cc3)c2)c1C. The monoisotopic (exact) mass is 461 g/mol. The van der Waals surface area contributed by atoms with Crippen molar-refractivity contribution in [1.82, 2.24) is 5.43 Å². The normalized spacial score (nSPS) is 10.7. The van der Waals surface area contributed by atoms with Gasteiger partial charge in [0.2, 0.25) is 0 Å². The highest BCUT2D eigenvalue weighted by Crippen LogP contribution is 2.25. The molecule has 9 heteroatoms. The van der Waals surface area contributed by atoms with Crippen LogP contribution in [-0.2, 0) is 4.79 Å². The average molecular weight is 461 g/mol. The van der Waals surface area contributed by atoms with Crippen molar-refractivity contribution in [3.8, 4) is 11.5 Å². The zero-order valence-electron chi connectivity index (χ0n) is 18.9. The van der Waals surface area contributed by atoms with Gasteiger partial charge in [-0.25, -0.2) is 10.2 Å². The molecule has 0 atom stereocenters. The number of ether oxygens (including phenoxy) is 2. The lowest BCUT2D eigenvalue weighted by atomic mass is 10.1. The summed E-state index contributed by atoms with van der Waals surface area (Å²) in [5.74, 6) is -0.137. The lowest BCUT2D eigenvalue weighted by Gasteiger charge is -2.13. The van der Waals surface area contributed by atoms with Gasteiger partial charge in [-0.15, -0.1) is 0 Å². The summed E-state index contributed by atoms with van der Waals surface area (Å²) in [7, 11) is 0. The van der Waals surface area contributed by atoms with Gasteiger partial charge >= 0.3 is 5.97 Å². The van der Waals surface area contributed by atoms with Gasteiger partial charge in [0.25, 0.3) is 11.6 Å². The highest BCUT2D eigenvalue weighted by Gasteiger charge is 2.12. The first-order chi connectivity index (χ1) is 16.2. The van der Waals surface area contributed by atoms with Crippen molar-refractivity contribution in [2.45, 2.75) is 20.8 Å². The molecule has 0 fully saturated rings. The highest BCUT2D eigenvalue weighted by molar-refractivity contribution is 5.91. The number of nitrogens with zero attached hydrogens (tertiary/aromatic N) is 2. The van der Waals surface area contributed by atoms with E-state index in [2.05, 4.69) is 10.5 Å². The number of non-ortho nitro benzene ring substituents is 1. The number of rotatable bonds is 8. The Morgan fingerprint density at radius 1 is 1.03 bits per heavy atom. The van der Waals surface area contributed by atoms with Crippen LogP contribution in [-0.4, -0.2) is 29.6 Å². The summed E-state index contributed by atoms with van der Waals surface area (Å²) >= 11 is 0. The number of carbonyl (C=O) groups is 2. The van der Waals surface area contributed by atoms with Crippen LogP contribution in [0.3, 0.4) is 0 Å². The highest BCUT2D eigenvalue weighted by atomic mass is 16.6. The summed E-state index contributed by atoms with van der Waals surface area (Å²) in [5.41, 5.74) is 6.04. The van der Waals surface area contributed by atoms with Crippen molar-refractivity contribution >= 4 is 23.8 Å². The molecule has 3 aromatic carbocycles. The van der Waals surface area contributed by atoms with Crippen molar-refractivity contribution in [2.24, 2.45) is 5.10 Å². The topological polar surface area (TPSA) is 120 Å². The van der Waals surface area contributed by atoms with E-state index in [4.69, 9.17) is 9.47 Å². The van der Waals surface area contributed by atoms with Gasteiger partial charge in [0, 0.05) is 12.1 Å². The van der Waals surface area contributed by atoms with Gasteiger partial charge in [-0.3, -0.25) is 14.9 Å².